The summed E-state index contributed by atoms with van der Waals surface area (Å²) in [5.41, 5.74) is 0. The summed E-state index contributed by atoms with van der Waals surface area (Å²) in [5, 5.41) is 8.67. The third-order valence-corrected chi connectivity index (χ3v) is 4.21. The molecule has 1 aliphatic rings. The van der Waals surface area contributed by atoms with E-state index in [0.717, 1.165) is 24.5 Å². The van der Waals surface area contributed by atoms with Crippen molar-refractivity contribution in [3.05, 3.63) is 21.9 Å². The van der Waals surface area contributed by atoms with Gasteiger partial charge in [0.25, 0.3) is 0 Å². The first-order valence-electron chi connectivity index (χ1n) is 6.23. The second-order valence-corrected chi connectivity index (χ2v) is 5.64. The van der Waals surface area contributed by atoms with Crippen molar-refractivity contribution in [3.63, 3.8) is 0 Å². The van der Waals surface area contributed by atoms with Crippen LogP contribution in [0.2, 0.25) is 0 Å². The number of nitrogens with zero attached hydrogens (tertiary/aromatic N) is 1. The summed E-state index contributed by atoms with van der Waals surface area (Å²) in [7, 11) is 3.46. The number of ether oxygens (including phenoxy) is 2. The minimum absolute atomic E-state index is 0.0929. The first-order chi connectivity index (χ1) is 9.26. The maximum absolute atomic E-state index is 8.67. The van der Waals surface area contributed by atoms with Crippen LogP contribution in [0.3, 0.4) is 0 Å². The number of aliphatic hydroxyl groups is 1. The van der Waals surface area contributed by atoms with Crippen molar-refractivity contribution in [2.75, 3.05) is 33.9 Å². The minimum Gasteiger partial charge on any atom is -0.384 e. The van der Waals surface area contributed by atoms with E-state index in [1.54, 1.807) is 25.6 Å². The second kappa shape index (κ2) is 7.04. The molecular weight excluding hydrogens is 262 g/mol. The molecule has 4 nitrogen and oxygen atoms in total. The van der Waals surface area contributed by atoms with Crippen LogP contribution >= 0.6 is 11.3 Å². The van der Waals surface area contributed by atoms with E-state index in [4.69, 9.17) is 14.6 Å². The molecule has 2 heterocycles. The molecule has 1 saturated heterocycles. The van der Waals surface area contributed by atoms with Crippen molar-refractivity contribution < 1.29 is 14.6 Å². The Bertz CT molecular complexity index is 451. The summed E-state index contributed by atoms with van der Waals surface area (Å²) in [4.78, 5) is 4.60. The lowest BCUT2D eigenvalue weighted by atomic mass is 10.3. The molecule has 2 rings (SSSR count). The van der Waals surface area contributed by atoms with Gasteiger partial charge in [-0.05, 0) is 12.1 Å². The van der Waals surface area contributed by atoms with E-state index in [1.165, 1.54) is 4.88 Å². The van der Waals surface area contributed by atoms with Crippen LogP contribution in [0.15, 0.2) is 12.1 Å². The van der Waals surface area contributed by atoms with Crippen molar-refractivity contribution in [3.8, 4) is 11.8 Å². The molecule has 0 saturated carbocycles. The molecule has 104 valence electrons. The molecule has 19 heavy (non-hydrogen) atoms. The van der Waals surface area contributed by atoms with Gasteiger partial charge in [0, 0.05) is 38.7 Å². The van der Waals surface area contributed by atoms with Gasteiger partial charge in [-0.1, -0.05) is 11.8 Å². The Labute approximate surface area is 117 Å². The Balaban J connectivity index is 1.93. The van der Waals surface area contributed by atoms with Gasteiger partial charge < -0.3 is 14.6 Å². The minimum atomic E-state index is -0.0929. The van der Waals surface area contributed by atoms with E-state index >= 15 is 0 Å². The Hall–Kier alpha value is -0.900. The molecule has 1 aromatic heterocycles. The molecule has 2 atom stereocenters. The smallest absolute Gasteiger partial charge is 0.104 e. The van der Waals surface area contributed by atoms with Crippen molar-refractivity contribution in [2.24, 2.45) is 0 Å². The van der Waals surface area contributed by atoms with Crippen molar-refractivity contribution in [1.29, 1.82) is 0 Å². The summed E-state index contributed by atoms with van der Waals surface area (Å²) < 4.78 is 10.9. The highest BCUT2D eigenvalue weighted by atomic mass is 32.1. The number of thiophene rings is 1. The quantitative estimate of drug-likeness (QED) is 0.834. The predicted molar refractivity (Wildman–Crippen MR) is 75.2 cm³/mol. The fraction of sp³-hybridized carbons (Fsp3) is 0.571. The molecule has 0 radical (unpaired) electrons. The molecule has 1 aromatic rings. The molecule has 0 aromatic carbocycles. The average molecular weight is 281 g/mol. The highest BCUT2D eigenvalue weighted by Crippen LogP contribution is 2.22. The standard InChI is InChI=1S/C14H19NO3S/c1-17-13-9-15(10-14(13)18-2)8-12-6-5-11(19-12)4-3-7-16/h5-6,13-14,16H,7-10H2,1-2H3. The normalized spacial score (nSPS) is 23.3. The SMILES string of the molecule is COC1CN(Cc2ccc(C#CCO)s2)CC1OC. The Kier molecular flexibility index (Phi) is 5.37. The van der Waals surface area contributed by atoms with E-state index in [0.29, 0.717) is 0 Å². The first-order valence-corrected chi connectivity index (χ1v) is 7.05. The monoisotopic (exact) mass is 281 g/mol. The van der Waals surface area contributed by atoms with Gasteiger partial charge in [0.2, 0.25) is 0 Å². The molecule has 1 aliphatic heterocycles. The lowest BCUT2D eigenvalue weighted by Crippen LogP contribution is -2.27. The van der Waals surface area contributed by atoms with Gasteiger partial charge in [0.1, 0.15) is 6.61 Å². The maximum atomic E-state index is 8.67. The van der Waals surface area contributed by atoms with Crippen LogP contribution in [0.25, 0.3) is 0 Å². The summed E-state index contributed by atoms with van der Waals surface area (Å²) in [6, 6.07) is 4.09. The molecule has 5 heteroatoms. The van der Waals surface area contributed by atoms with Gasteiger partial charge >= 0.3 is 0 Å². The molecule has 0 amide bonds. The van der Waals surface area contributed by atoms with Crippen LogP contribution in [0.4, 0.5) is 0 Å². The van der Waals surface area contributed by atoms with E-state index in [1.807, 2.05) is 6.07 Å². The average Bonchev–Trinajstić information content (AvgIpc) is 3.03. The summed E-state index contributed by atoms with van der Waals surface area (Å²) in [5.74, 6) is 5.60. The van der Waals surface area contributed by atoms with E-state index in [-0.39, 0.29) is 18.8 Å². The highest BCUT2D eigenvalue weighted by molar-refractivity contribution is 7.12. The van der Waals surface area contributed by atoms with Gasteiger partial charge in [0.15, 0.2) is 0 Å². The number of aliphatic hydroxyl groups excluding tert-OH is 1. The number of hydrogen-bond donors (Lipinski definition) is 1. The summed E-state index contributed by atoms with van der Waals surface area (Å²) in [6.45, 7) is 2.59. The van der Waals surface area contributed by atoms with Crippen molar-refractivity contribution in [2.45, 2.75) is 18.8 Å². The third kappa shape index (κ3) is 3.78. The fourth-order valence-electron chi connectivity index (χ4n) is 2.28. The second-order valence-electron chi connectivity index (χ2n) is 4.47. The number of methoxy groups -OCH3 is 2. The molecule has 1 fully saturated rings. The first kappa shape index (κ1) is 14.5. The van der Waals surface area contributed by atoms with Gasteiger partial charge in [-0.2, -0.15) is 0 Å². The number of rotatable bonds is 4. The Morgan fingerprint density at radius 2 is 2.00 bits per heavy atom. The van der Waals surface area contributed by atoms with E-state index in [2.05, 4.69) is 22.8 Å². The largest absolute Gasteiger partial charge is 0.384 e. The molecule has 0 spiro atoms. The number of likely N-dealkylation sites (tertiary alicyclic amines) is 1. The lowest BCUT2D eigenvalue weighted by Gasteiger charge is -2.13. The zero-order valence-corrected chi connectivity index (χ0v) is 12.1. The molecule has 2 unspecified atom stereocenters. The van der Waals surface area contributed by atoms with Crippen LogP contribution in [0.5, 0.6) is 0 Å². The van der Waals surface area contributed by atoms with Crippen LogP contribution in [-0.2, 0) is 16.0 Å². The number of hydrogen-bond acceptors (Lipinski definition) is 5. The maximum Gasteiger partial charge on any atom is 0.104 e. The van der Waals surface area contributed by atoms with E-state index < -0.39 is 0 Å². The van der Waals surface area contributed by atoms with E-state index in [9.17, 15) is 0 Å². The topological polar surface area (TPSA) is 41.9 Å². The zero-order valence-electron chi connectivity index (χ0n) is 11.3. The fourth-order valence-corrected chi connectivity index (χ4v) is 3.20. The molecule has 0 bridgehead atoms. The van der Waals surface area contributed by atoms with Crippen LogP contribution in [0, 0.1) is 11.8 Å². The van der Waals surface area contributed by atoms with Gasteiger partial charge in [-0.3, -0.25) is 4.90 Å². The summed E-state index contributed by atoms with van der Waals surface area (Å²) in [6.07, 6.45) is 0.303. The predicted octanol–water partition coefficient (Wildman–Crippen LogP) is 0.938. The van der Waals surface area contributed by atoms with Crippen LogP contribution < -0.4 is 0 Å². The Morgan fingerprint density at radius 3 is 2.58 bits per heavy atom. The van der Waals surface area contributed by atoms with Gasteiger partial charge in [-0.15, -0.1) is 11.3 Å². The van der Waals surface area contributed by atoms with Crippen LogP contribution in [0.1, 0.15) is 9.75 Å². The Morgan fingerprint density at radius 1 is 1.32 bits per heavy atom. The van der Waals surface area contributed by atoms with Gasteiger partial charge in [-0.25, -0.2) is 0 Å². The van der Waals surface area contributed by atoms with Crippen molar-refractivity contribution in [1.82, 2.24) is 4.90 Å². The van der Waals surface area contributed by atoms with Gasteiger partial charge in [0.05, 0.1) is 17.1 Å². The molecular formula is C14H19NO3S. The third-order valence-electron chi connectivity index (χ3n) is 3.23. The highest BCUT2D eigenvalue weighted by Gasteiger charge is 2.32. The molecule has 1 N–H and O–H groups in total. The lowest BCUT2D eigenvalue weighted by molar-refractivity contribution is -0.00461. The van der Waals surface area contributed by atoms with Crippen molar-refractivity contribution >= 4 is 11.3 Å². The zero-order chi connectivity index (χ0) is 13.7. The van der Waals surface area contributed by atoms with Crippen LogP contribution in [-0.4, -0.2) is 56.1 Å². The molecule has 0 aliphatic carbocycles. The summed E-state index contributed by atoms with van der Waals surface area (Å²) >= 11 is 1.67.